The number of fused-ring (bicyclic) bond motifs is 1. The average Bonchev–Trinajstić information content (AvgIpc) is 3.07. The molecule has 3 rings (SSSR count). The Morgan fingerprint density at radius 1 is 1.27 bits per heavy atom. The third kappa shape index (κ3) is 3.42. The van der Waals surface area contributed by atoms with E-state index in [1.807, 2.05) is 30.3 Å². The summed E-state index contributed by atoms with van der Waals surface area (Å²) in [4.78, 5) is 4.30. The number of aliphatic imine (C=N–C) groups is 1. The zero-order valence-corrected chi connectivity index (χ0v) is 12.7. The molecule has 2 heterocycles. The molecule has 0 fully saturated rings. The molecule has 1 unspecified atom stereocenters. The van der Waals surface area contributed by atoms with Crippen molar-refractivity contribution in [3.63, 3.8) is 0 Å². The van der Waals surface area contributed by atoms with Gasteiger partial charge in [-0.3, -0.25) is 4.99 Å². The minimum absolute atomic E-state index is 0.222. The van der Waals surface area contributed by atoms with Crippen molar-refractivity contribution in [2.24, 2.45) is 4.99 Å². The number of rotatable bonds is 4. The zero-order chi connectivity index (χ0) is 15.2. The minimum Gasteiger partial charge on any atom is -0.493 e. The molecular weight excluding hydrogens is 278 g/mol. The van der Waals surface area contributed by atoms with Crippen LogP contribution >= 0.6 is 0 Å². The molecule has 1 aromatic heterocycles. The lowest BCUT2D eigenvalue weighted by molar-refractivity contribution is 0.261. The molecule has 0 saturated carbocycles. The lowest BCUT2D eigenvalue weighted by Crippen LogP contribution is -2.41. The van der Waals surface area contributed by atoms with E-state index in [4.69, 9.17) is 9.15 Å². The molecule has 2 aromatic rings. The van der Waals surface area contributed by atoms with Crippen molar-refractivity contribution in [3.8, 4) is 5.75 Å². The van der Waals surface area contributed by atoms with E-state index in [2.05, 4.69) is 21.7 Å². The van der Waals surface area contributed by atoms with Crippen molar-refractivity contribution >= 4 is 5.96 Å². The average molecular weight is 299 g/mol. The maximum Gasteiger partial charge on any atom is 0.191 e. The fraction of sp³-hybridized carbons (Fsp3) is 0.353. The predicted octanol–water partition coefficient (Wildman–Crippen LogP) is 2.51. The van der Waals surface area contributed by atoms with E-state index in [0.717, 1.165) is 43.5 Å². The minimum atomic E-state index is 0.222. The summed E-state index contributed by atoms with van der Waals surface area (Å²) in [5.74, 6) is 2.73. The SMILES string of the molecule is CN=C(NCCc1ccco1)NC1CCOc2ccccc21. The summed E-state index contributed by atoms with van der Waals surface area (Å²) in [5.41, 5.74) is 1.18. The van der Waals surface area contributed by atoms with Crippen LogP contribution in [0.3, 0.4) is 0 Å². The van der Waals surface area contributed by atoms with Gasteiger partial charge in [0, 0.05) is 32.0 Å². The Hall–Kier alpha value is -2.43. The smallest absolute Gasteiger partial charge is 0.191 e. The summed E-state index contributed by atoms with van der Waals surface area (Å²) in [5, 5.41) is 6.79. The molecule has 0 spiro atoms. The van der Waals surface area contributed by atoms with Gasteiger partial charge in [0.1, 0.15) is 11.5 Å². The molecule has 0 bridgehead atoms. The Labute approximate surface area is 130 Å². The highest BCUT2D eigenvalue weighted by atomic mass is 16.5. The highest BCUT2D eigenvalue weighted by Crippen LogP contribution is 2.31. The molecule has 1 aliphatic rings. The number of para-hydroxylation sites is 1. The fourth-order valence-corrected chi connectivity index (χ4v) is 2.61. The van der Waals surface area contributed by atoms with Gasteiger partial charge in [0.05, 0.1) is 18.9 Å². The van der Waals surface area contributed by atoms with Crippen molar-refractivity contribution in [2.45, 2.75) is 18.9 Å². The van der Waals surface area contributed by atoms with Gasteiger partial charge in [-0.1, -0.05) is 18.2 Å². The maximum atomic E-state index is 5.69. The van der Waals surface area contributed by atoms with E-state index in [1.165, 1.54) is 5.56 Å². The van der Waals surface area contributed by atoms with Crippen LogP contribution in [0.4, 0.5) is 0 Å². The number of nitrogens with one attached hydrogen (secondary N) is 2. The number of furan rings is 1. The van der Waals surface area contributed by atoms with E-state index in [0.29, 0.717) is 0 Å². The number of benzene rings is 1. The van der Waals surface area contributed by atoms with E-state index in [1.54, 1.807) is 13.3 Å². The van der Waals surface area contributed by atoms with Crippen LogP contribution in [-0.2, 0) is 6.42 Å². The van der Waals surface area contributed by atoms with E-state index < -0.39 is 0 Å². The summed E-state index contributed by atoms with van der Waals surface area (Å²) in [6.07, 6.45) is 3.45. The van der Waals surface area contributed by atoms with Crippen molar-refractivity contribution < 1.29 is 9.15 Å². The van der Waals surface area contributed by atoms with Crippen LogP contribution in [0.15, 0.2) is 52.1 Å². The van der Waals surface area contributed by atoms with Gasteiger partial charge in [0.15, 0.2) is 5.96 Å². The number of nitrogens with zero attached hydrogens (tertiary/aromatic N) is 1. The second-order valence-corrected chi connectivity index (χ2v) is 5.20. The Balaban J connectivity index is 1.57. The Morgan fingerprint density at radius 2 is 2.18 bits per heavy atom. The third-order valence-corrected chi connectivity index (χ3v) is 3.74. The van der Waals surface area contributed by atoms with E-state index in [-0.39, 0.29) is 6.04 Å². The lowest BCUT2D eigenvalue weighted by atomic mass is 10.0. The highest BCUT2D eigenvalue weighted by molar-refractivity contribution is 5.80. The molecule has 0 radical (unpaired) electrons. The maximum absolute atomic E-state index is 5.69. The largest absolute Gasteiger partial charge is 0.493 e. The zero-order valence-electron chi connectivity index (χ0n) is 12.7. The molecule has 1 atom stereocenters. The summed E-state index contributed by atoms with van der Waals surface area (Å²) < 4.78 is 11.0. The van der Waals surface area contributed by atoms with Crippen LogP contribution in [0.2, 0.25) is 0 Å². The molecular formula is C17H21N3O2. The number of ether oxygens (including phenoxy) is 1. The number of hydrogen-bond acceptors (Lipinski definition) is 3. The van der Waals surface area contributed by atoms with Gasteiger partial charge in [-0.2, -0.15) is 0 Å². The second kappa shape index (κ2) is 7.02. The van der Waals surface area contributed by atoms with Gasteiger partial charge >= 0.3 is 0 Å². The van der Waals surface area contributed by atoms with Crippen molar-refractivity contribution in [1.82, 2.24) is 10.6 Å². The molecule has 22 heavy (non-hydrogen) atoms. The van der Waals surface area contributed by atoms with Gasteiger partial charge in [-0.05, 0) is 18.2 Å². The van der Waals surface area contributed by atoms with Gasteiger partial charge < -0.3 is 19.8 Å². The van der Waals surface area contributed by atoms with Crippen LogP contribution in [0, 0.1) is 0 Å². The van der Waals surface area contributed by atoms with Crippen LogP contribution in [-0.4, -0.2) is 26.2 Å². The monoisotopic (exact) mass is 299 g/mol. The number of guanidine groups is 1. The molecule has 116 valence electrons. The molecule has 1 aromatic carbocycles. The van der Waals surface area contributed by atoms with Crippen molar-refractivity contribution in [3.05, 3.63) is 54.0 Å². The standard InChI is InChI=1S/C17H21N3O2/c1-18-17(19-10-8-13-5-4-11-21-13)20-15-9-12-22-16-7-3-2-6-14(15)16/h2-7,11,15H,8-10,12H2,1H3,(H2,18,19,20). The molecule has 5 nitrogen and oxygen atoms in total. The van der Waals surface area contributed by atoms with Crippen LogP contribution in [0.25, 0.3) is 0 Å². The topological polar surface area (TPSA) is 58.8 Å². The first-order valence-corrected chi connectivity index (χ1v) is 7.58. The van der Waals surface area contributed by atoms with E-state index in [9.17, 15) is 0 Å². The van der Waals surface area contributed by atoms with Crippen LogP contribution in [0.5, 0.6) is 5.75 Å². The molecule has 2 N–H and O–H groups in total. The highest BCUT2D eigenvalue weighted by Gasteiger charge is 2.21. The van der Waals surface area contributed by atoms with Gasteiger partial charge in [0.2, 0.25) is 0 Å². The predicted molar refractivity (Wildman–Crippen MR) is 86.2 cm³/mol. The first kappa shape index (κ1) is 14.5. The van der Waals surface area contributed by atoms with Gasteiger partial charge in [-0.15, -0.1) is 0 Å². The molecule has 0 saturated heterocycles. The lowest BCUT2D eigenvalue weighted by Gasteiger charge is -2.28. The molecule has 5 heteroatoms. The fourth-order valence-electron chi connectivity index (χ4n) is 2.61. The van der Waals surface area contributed by atoms with Gasteiger partial charge in [-0.25, -0.2) is 0 Å². The molecule has 1 aliphatic heterocycles. The Kier molecular flexibility index (Phi) is 4.63. The van der Waals surface area contributed by atoms with Crippen molar-refractivity contribution in [2.75, 3.05) is 20.2 Å². The normalized spacial score (nSPS) is 17.5. The molecule has 0 aliphatic carbocycles. The Morgan fingerprint density at radius 3 is 3.00 bits per heavy atom. The van der Waals surface area contributed by atoms with Gasteiger partial charge in [0.25, 0.3) is 0 Å². The van der Waals surface area contributed by atoms with Crippen molar-refractivity contribution in [1.29, 1.82) is 0 Å². The van der Waals surface area contributed by atoms with Crippen LogP contribution in [0.1, 0.15) is 23.8 Å². The summed E-state index contributed by atoms with van der Waals surface area (Å²) in [6.45, 7) is 1.50. The second-order valence-electron chi connectivity index (χ2n) is 5.20. The molecule has 0 amide bonds. The number of hydrogen-bond donors (Lipinski definition) is 2. The summed E-state index contributed by atoms with van der Waals surface area (Å²) >= 11 is 0. The third-order valence-electron chi connectivity index (χ3n) is 3.74. The first-order chi connectivity index (χ1) is 10.9. The van der Waals surface area contributed by atoms with Crippen LogP contribution < -0.4 is 15.4 Å². The first-order valence-electron chi connectivity index (χ1n) is 7.58. The van der Waals surface area contributed by atoms with E-state index >= 15 is 0 Å². The summed E-state index contributed by atoms with van der Waals surface area (Å²) in [6, 6.07) is 12.2. The Bertz CT molecular complexity index is 623. The quantitative estimate of drug-likeness (QED) is 0.673. The summed E-state index contributed by atoms with van der Waals surface area (Å²) in [7, 11) is 1.79.